The zero-order valence-corrected chi connectivity index (χ0v) is 8.86. The molecule has 0 aromatic heterocycles. The highest BCUT2D eigenvalue weighted by Gasteiger charge is 1.82. The predicted octanol–water partition coefficient (Wildman–Crippen LogP) is 4.57. The van der Waals surface area contributed by atoms with Crippen molar-refractivity contribution in [2.75, 3.05) is 0 Å². The summed E-state index contributed by atoms with van der Waals surface area (Å²) >= 11 is 0. The summed E-state index contributed by atoms with van der Waals surface area (Å²) in [6, 6.07) is 0. The summed E-state index contributed by atoms with van der Waals surface area (Å²) in [4.78, 5) is 0. The van der Waals surface area contributed by atoms with Gasteiger partial charge in [-0.2, -0.15) is 0 Å². The summed E-state index contributed by atoms with van der Waals surface area (Å²) in [5.74, 6) is 0. The second-order valence-corrected chi connectivity index (χ2v) is 3.57. The third-order valence-electron chi connectivity index (χ3n) is 2.26. The molecule has 0 unspecified atom stereocenters. The summed E-state index contributed by atoms with van der Waals surface area (Å²) in [5, 5.41) is 0. The molecule has 0 spiro atoms. The third kappa shape index (κ3) is 6.47. The van der Waals surface area contributed by atoms with Crippen molar-refractivity contribution in [1.82, 2.24) is 0 Å². The fourth-order valence-corrected chi connectivity index (χ4v) is 1.42. The monoisotopic (exact) mass is 188 g/mol. The topological polar surface area (TPSA) is 0 Å². The molecule has 1 aliphatic rings. The van der Waals surface area contributed by atoms with Crippen LogP contribution in [0.25, 0.3) is 0 Å². The van der Waals surface area contributed by atoms with E-state index in [9.17, 15) is 0 Å². The molecule has 1 aliphatic carbocycles. The largest absolute Gasteiger partial charge is 0.0885 e. The van der Waals surface area contributed by atoms with Crippen molar-refractivity contribution >= 4 is 0 Å². The Hall–Kier alpha value is -1.04. The van der Waals surface area contributed by atoms with E-state index in [1.54, 1.807) is 0 Å². The first-order valence-electron chi connectivity index (χ1n) is 5.63. The molecule has 0 radical (unpaired) electrons. The van der Waals surface area contributed by atoms with Crippen LogP contribution in [0.1, 0.15) is 38.5 Å². The lowest BCUT2D eigenvalue weighted by Crippen LogP contribution is -1.72. The van der Waals surface area contributed by atoms with Crippen molar-refractivity contribution in [3.05, 3.63) is 48.6 Å². The van der Waals surface area contributed by atoms with E-state index in [-0.39, 0.29) is 0 Å². The SMILES string of the molecule is C1=CCCCC=CCCCC=C/C=C\1. The number of hydrogen-bond acceptors (Lipinski definition) is 0. The van der Waals surface area contributed by atoms with Gasteiger partial charge in [0.05, 0.1) is 0 Å². The van der Waals surface area contributed by atoms with Crippen LogP contribution in [-0.4, -0.2) is 0 Å². The van der Waals surface area contributed by atoms with Crippen molar-refractivity contribution in [1.29, 1.82) is 0 Å². The van der Waals surface area contributed by atoms with E-state index in [0.29, 0.717) is 0 Å². The van der Waals surface area contributed by atoms with Gasteiger partial charge in [0, 0.05) is 0 Å². The minimum Gasteiger partial charge on any atom is -0.0885 e. The van der Waals surface area contributed by atoms with E-state index >= 15 is 0 Å². The van der Waals surface area contributed by atoms with Gasteiger partial charge in [0.1, 0.15) is 0 Å². The Morgan fingerprint density at radius 2 is 0.857 bits per heavy atom. The second kappa shape index (κ2) is 8.55. The van der Waals surface area contributed by atoms with Crippen LogP contribution >= 0.6 is 0 Å². The Kier molecular flexibility index (Phi) is 6.74. The number of allylic oxidation sites excluding steroid dienone is 8. The standard InChI is InChI=1S/C14H20/c1-2-4-6-8-10-12-14-13-11-9-7-5-3-1/h1-6,13-14H,7-12H2/b2-1-,5-3?,6-4?,14-13?. The lowest BCUT2D eigenvalue weighted by molar-refractivity contribution is 0.840. The normalized spacial score (nSPS) is 21.7. The fourth-order valence-electron chi connectivity index (χ4n) is 1.42. The molecule has 0 heteroatoms. The maximum Gasteiger partial charge on any atom is -0.0345 e. The number of rotatable bonds is 0. The Morgan fingerprint density at radius 1 is 0.429 bits per heavy atom. The molecule has 0 saturated heterocycles. The van der Waals surface area contributed by atoms with E-state index in [1.165, 1.54) is 38.5 Å². The van der Waals surface area contributed by atoms with Crippen molar-refractivity contribution in [3.63, 3.8) is 0 Å². The first kappa shape index (κ1) is 11.0. The van der Waals surface area contributed by atoms with Crippen molar-refractivity contribution < 1.29 is 0 Å². The van der Waals surface area contributed by atoms with Crippen molar-refractivity contribution in [3.8, 4) is 0 Å². The highest BCUT2D eigenvalue weighted by molar-refractivity contribution is 5.11. The van der Waals surface area contributed by atoms with Crippen molar-refractivity contribution in [2.24, 2.45) is 0 Å². The van der Waals surface area contributed by atoms with E-state index in [2.05, 4.69) is 48.6 Å². The molecule has 0 saturated carbocycles. The summed E-state index contributed by atoms with van der Waals surface area (Å²) < 4.78 is 0. The molecule has 0 heterocycles. The van der Waals surface area contributed by atoms with Gasteiger partial charge in [-0.15, -0.1) is 0 Å². The first-order valence-corrected chi connectivity index (χ1v) is 5.63. The zero-order valence-electron chi connectivity index (χ0n) is 8.86. The van der Waals surface area contributed by atoms with Crippen LogP contribution in [0.3, 0.4) is 0 Å². The average molecular weight is 188 g/mol. The molecule has 0 N–H and O–H groups in total. The Morgan fingerprint density at radius 3 is 1.36 bits per heavy atom. The lowest BCUT2D eigenvalue weighted by Gasteiger charge is -1.92. The van der Waals surface area contributed by atoms with Crippen LogP contribution in [0.4, 0.5) is 0 Å². The molecular formula is C14H20. The van der Waals surface area contributed by atoms with Gasteiger partial charge in [-0.3, -0.25) is 0 Å². The number of hydrogen-bond donors (Lipinski definition) is 0. The smallest absolute Gasteiger partial charge is 0.0345 e. The quantitative estimate of drug-likeness (QED) is 0.489. The van der Waals surface area contributed by atoms with Crippen LogP contribution in [0, 0.1) is 0 Å². The fraction of sp³-hybridized carbons (Fsp3) is 0.429. The summed E-state index contributed by atoms with van der Waals surface area (Å²) in [5.41, 5.74) is 0. The average Bonchev–Trinajstić information content (AvgIpc) is 2.22. The summed E-state index contributed by atoms with van der Waals surface area (Å²) in [6.45, 7) is 0. The zero-order chi connectivity index (χ0) is 9.90. The molecule has 0 fully saturated rings. The van der Waals surface area contributed by atoms with Crippen LogP contribution in [0.5, 0.6) is 0 Å². The second-order valence-electron chi connectivity index (χ2n) is 3.57. The van der Waals surface area contributed by atoms with Crippen LogP contribution in [0.15, 0.2) is 48.6 Å². The van der Waals surface area contributed by atoms with Gasteiger partial charge in [-0.05, 0) is 38.5 Å². The summed E-state index contributed by atoms with van der Waals surface area (Å²) in [6.07, 6.45) is 25.0. The van der Waals surface area contributed by atoms with E-state index in [4.69, 9.17) is 0 Å². The molecular weight excluding hydrogens is 168 g/mol. The Balaban J connectivity index is 2.35. The van der Waals surface area contributed by atoms with E-state index in [1.807, 2.05) is 0 Å². The van der Waals surface area contributed by atoms with Gasteiger partial charge in [-0.1, -0.05) is 48.6 Å². The minimum atomic E-state index is 1.19. The van der Waals surface area contributed by atoms with Crippen LogP contribution in [0.2, 0.25) is 0 Å². The van der Waals surface area contributed by atoms with Crippen molar-refractivity contribution in [2.45, 2.75) is 38.5 Å². The molecule has 1 rings (SSSR count). The Labute approximate surface area is 87.7 Å². The minimum absolute atomic E-state index is 1.19. The molecule has 0 aromatic rings. The lowest BCUT2D eigenvalue weighted by atomic mass is 10.1. The van der Waals surface area contributed by atoms with Gasteiger partial charge in [-0.25, -0.2) is 0 Å². The molecule has 14 heavy (non-hydrogen) atoms. The van der Waals surface area contributed by atoms with Gasteiger partial charge >= 0.3 is 0 Å². The molecule has 76 valence electrons. The highest BCUT2D eigenvalue weighted by Crippen LogP contribution is 2.03. The highest BCUT2D eigenvalue weighted by atomic mass is 13.9. The van der Waals surface area contributed by atoms with E-state index < -0.39 is 0 Å². The van der Waals surface area contributed by atoms with Gasteiger partial charge in [0.15, 0.2) is 0 Å². The van der Waals surface area contributed by atoms with Crippen LogP contribution in [-0.2, 0) is 0 Å². The molecule has 0 nitrogen and oxygen atoms in total. The molecule has 0 atom stereocenters. The van der Waals surface area contributed by atoms with E-state index in [0.717, 1.165) is 0 Å². The molecule has 0 amide bonds. The predicted molar refractivity (Wildman–Crippen MR) is 64.3 cm³/mol. The van der Waals surface area contributed by atoms with Gasteiger partial charge < -0.3 is 0 Å². The van der Waals surface area contributed by atoms with Crippen LogP contribution < -0.4 is 0 Å². The molecule has 0 aromatic carbocycles. The maximum absolute atomic E-state index is 2.32. The molecule has 0 aliphatic heterocycles. The van der Waals surface area contributed by atoms with Gasteiger partial charge in [0.2, 0.25) is 0 Å². The maximum atomic E-state index is 2.32. The summed E-state index contributed by atoms with van der Waals surface area (Å²) in [7, 11) is 0. The Bertz CT molecular complexity index is 204. The third-order valence-corrected chi connectivity index (χ3v) is 2.26. The first-order chi connectivity index (χ1) is 7.00. The molecule has 0 bridgehead atoms. The van der Waals surface area contributed by atoms with Gasteiger partial charge in [0.25, 0.3) is 0 Å².